The average molecular weight is 475 g/mol. The number of fused-ring (bicyclic) bond motifs is 1. The number of nitrogens with zero attached hydrogens (tertiary/aromatic N) is 5. The first-order chi connectivity index (χ1) is 16.5. The molecule has 0 atom stereocenters. The van der Waals surface area contributed by atoms with Crippen LogP contribution in [0, 0.1) is 0 Å². The summed E-state index contributed by atoms with van der Waals surface area (Å²) in [5.41, 5.74) is 1.28. The number of carbonyl (C=O) groups excluding carboxylic acids is 1. The van der Waals surface area contributed by atoms with Gasteiger partial charge in [0.1, 0.15) is 4.90 Å². The van der Waals surface area contributed by atoms with Gasteiger partial charge in [0.2, 0.25) is 5.95 Å². The van der Waals surface area contributed by atoms with E-state index in [4.69, 9.17) is 0 Å². The number of nitrogens with one attached hydrogen (secondary N) is 1. The number of pyridine rings is 1. The van der Waals surface area contributed by atoms with E-state index in [-0.39, 0.29) is 10.8 Å². The molecule has 0 saturated carbocycles. The Balaban J connectivity index is 1.26. The van der Waals surface area contributed by atoms with Crippen LogP contribution >= 0.6 is 0 Å². The van der Waals surface area contributed by atoms with Gasteiger partial charge in [0.05, 0.1) is 5.52 Å². The van der Waals surface area contributed by atoms with Crippen LogP contribution in [0.2, 0.25) is 0 Å². The Kier molecular flexibility index (Phi) is 5.81. The second-order valence-electron chi connectivity index (χ2n) is 7.84. The fraction of sp³-hybridized carbons (Fsp3) is 0.167. The summed E-state index contributed by atoms with van der Waals surface area (Å²) in [5.74, 6) is 0.564. The zero-order chi connectivity index (χ0) is 23.5. The lowest BCUT2D eigenvalue weighted by molar-refractivity contribution is 0.0746. The van der Waals surface area contributed by atoms with E-state index in [2.05, 4.69) is 19.7 Å². The van der Waals surface area contributed by atoms with Gasteiger partial charge in [-0.05, 0) is 42.5 Å². The molecular weight excluding hydrogens is 452 g/mol. The van der Waals surface area contributed by atoms with Crippen LogP contribution < -0.4 is 9.62 Å². The molecule has 10 heteroatoms. The van der Waals surface area contributed by atoms with Crippen molar-refractivity contribution in [1.82, 2.24) is 19.9 Å². The molecule has 5 rings (SSSR count). The summed E-state index contributed by atoms with van der Waals surface area (Å²) < 4.78 is 28.6. The lowest BCUT2D eigenvalue weighted by Crippen LogP contribution is -2.49. The Morgan fingerprint density at radius 2 is 1.47 bits per heavy atom. The Morgan fingerprint density at radius 1 is 0.794 bits per heavy atom. The molecule has 172 valence electrons. The number of hydrogen-bond donors (Lipinski definition) is 1. The van der Waals surface area contributed by atoms with Gasteiger partial charge < -0.3 is 9.80 Å². The van der Waals surface area contributed by atoms with Crippen molar-refractivity contribution in [3.63, 3.8) is 0 Å². The molecule has 1 amide bonds. The number of sulfonamides is 1. The fourth-order valence-corrected chi connectivity index (χ4v) is 5.17. The Hall–Kier alpha value is -4.05. The van der Waals surface area contributed by atoms with Crippen LogP contribution in [0.5, 0.6) is 0 Å². The van der Waals surface area contributed by atoms with Crippen molar-refractivity contribution in [2.45, 2.75) is 4.90 Å². The highest BCUT2D eigenvalue weighted by atomic mass is 32.2. The second kappa shape index (κ2) is 9.06. The van der Waals surface area contributed by atoms with Crippen molar-refractivity contribution in [3.05, 3.63) is 84.8 Å². The van der Waals surface area contributed by atoms with Gasteiger partial charge in [-0.15, -0.1) is 0 Å². The first-order valence-electron chi connectivity index (χ1n) is 10.8. The molecule has 3 heterocycles. The number of amides is 1. The summed E-state index contributed by atoms with van der Waals surface area (Å²) in [6.45, 7) is 2.40. The molecule has 9 nitrogen and oxygen atoms in total. The van der Waals surface area contributed by atoms with E-state index in [1.165, 1.54) is 6.07 Å². The molecule has 1 saturated heterocycles. The van der Waals surface area contributed by atoms with Crippen molar-refractivity contribution in [2.24, 2.45) is 0 Å². The highest BCUT2D eigenvalue weighted by Crippen LogP contribution is 2.23. The number of aromatic nitrogens is 3. The minimum atomic E-state index is -3.85. The highest BCUT2D eigenvalue weighted by molar-refractivity contribution is 7.93. The number of carbonyl (C=O) groups is 1. The molecule has 0 bridgehead atoms. The van der Waals surface area contributed by atoms with Crippen LogP contribution in [0.3, 0.4) is 0 Å². The van der Waals surface area contributed by atoms with Gasteiger partial charge >= 0.3 is 0 Å². The third-order valence-electron chi connectivity index (χ3n) is 5.67. The maximum Gasteiger partial charge on any atom is 0.264 e. The molecule has 1 aliphatic heterocycles. The van der Waals surface area contributed by atoms with Crippen LogP contribution in [0.25, 0.3) is 10.9 Å². The number of hydrogen-bond acceptors (Lipinski definition) is 7. The first kappa shape index (κ1) is 21.8. The van der Waals surface area contributed by atoms with E-state index in [9.17, 15) is 13.2 Å². The molecule has 1 aliphatic rings. The summed E-state index contributed by atoms with van der Waals surface area (Å²) in [7, 11) is -3.85. The van der Waals surface area contributed by atoms with Crippen LogP contribution in [-0.2, 0) is 10.0 Å². The Morgan fingerprint density at radius 3 is 2.21 bits per heavy atom. The smallest absolute Gasteiger partial charge is 0.264 e. The molecule has 0 unspecified atom stereocenters. The van der Waals surface area contributed by atoms with Gasteiger partial charge in [0.15, 0.2) is 0 Å². The van der Waals surface area contributed by atoms with E-state index >= 15 is 0 Å². The summed E-state index contributed by atoms with van der Waals surface area (Å²) in [5, 5.41) is 0.741. The van der Waals surface area contributed by atoms with E-state index in [1.807, 2.05) is 17.0 Å². The van der Waals surface area contributed by atoms with E-state index < -0.39 is 10.0 Å². The molecular formula is C24H22N6O3S. The third-order valence-corrected chi connectivity index (χ3v) is 7.08. The number of anilines is 2. The quantitative estimate of drug-likeness (QED) is 0.474. The van der Waals surface area contributed by atoms with Crippen molar-refractivity contribution < 1.29 is 13.2 Å². The topological polar surface area (TPSA) is 108 Å². The van der Waals surface area contributed by atoms with E-state index in [0.717, 1.165) is 5.39 Å². The van der Waals surface area contributed by atoms with Crippen molar-refractivity contribution in [1.29, 1.82) is 0 Å². The maximum absolute atomic E-state index is 13.0. The molecule has 2 aromatic heterocycles. The minimum Gasteiger partial charge on any atom is -0.337 e. The minimum absolute atomic E-state index is 0.0960. The standard InChI is InChI=1S/C24H22N6O3S/c31-23(29-14-16-30(17-15-29)24-26-12-3-13-27-24)19-7-9-20(10-8-19)28-34(32,33)21-6-1-4-18-5-2-11-25-22(18)21/h1-13,28H,14-17H2. The van der Waals surface area contributed by atoms with E-state index in [1.54, 1.807) is 66.0 Å². The van der Waals surface area contributed by atoms with Crippen LogP contribution in [0.15, 0.2) is 84.1 Å². The number of piperazine rings is 1. The Labute approximate surface area is 197 Å². The lowest BCUT2D eigenvalue weighted by atomic mass is 10.1. The number of benzene rings is 2. The van der Waals surface area contributed by atoms with Gasteiger partial charge in [0, 0.05) is 61.4 Å². The van der Waals surface area contributed by atoms with Gasteiger partial charge in [-0.25, -0.2) is 18.4 Å². The second-order valence-corrected chi connectivity index (χ2v) is 9.49. The number of rotatable bonds is 5. The van der Waals surface area contributed by atoms with E-state index in [0.29, 0.717) is 48.9 Å². The van der Waals surface area contributed by atoms with Crippen molar-refractivity contribution in [3.8, 4) is 0 Å². The van der Waals surface area contributed by atoms with Gasteiger partial charge in [0.25, 0.3) is 15.9 Å². The fourth-order valence-electron chi connectivity index (χ4n) is 3.93. The summed E-state index contributed by atoms with van der Waals surface area (Å²) in [4.78, 5) is 29.6. The third kappa shape index (κ3) is 4.40. The molecule has 4 aromatic rings. The molecule has 1 fully saturated rings. The molecule has 2 aromatic carbocycles. The monoisotopic (exact) mass is 474 g/mol. The highest BCUT2D eigenvalue weighted by Gasteiger charge is 2.24. The zero-order valence-electron chi connectivity index (χ0n) is 18.2. The predicted octanol–water partition coefficient (Wildman–Crippen LogP) is 2.79. The SMILES string of the molecule is O=C(c1ccc(NS(=O)(=O)c2cccc3cccnc23)cc1)N1CCN(c2ncccn2)CC1. The molecule has 1 N–H and O–H groups in total. The van der Waals surface area contributed by atoms with Crippen LogP contribution in [0.4, 0.5) is 11.6 Å². The summed E-state index contributed by atoms with van der Waals surface area (Å²) in [6.07, 6.45) is 4.97. The van der Waals surface area contributed by atoms with Crippen LogP contribution in [-0.4, -0.2) is 60.4 Å². The molecule has 34 heavy (non-hydrogen) atoms. The normalized spacial score (nSPS) is 14.2. The van der Waals surface area contributed by atoms with Crippen molar-refractivity contribution in [2.75, 3.05) is 35.8 Å². The molecule has 0 radical (unpaired) electrons. The predicted molar refractivity (Wildman–Crippen MR) is 129 cm³/mol. The zero-order valence-corrected chi connectivity index (χ0v) is 19.0. The maximum atomic E-state index is 13.0. The summed E-state index contributed by atoms with van der Waals surface area (Å²) in [6, 6.07) is 16.8. The molecule has 0 aliphatic carbocycles. The van der Waals surface area contributed by atoms with Crippen LogP contribution in [0.1, 0.15) is 10.4 Å². The average Bonchev–Trinajstić information content (AvgIpc) is 2.89. The molecule has 0 spiro atoms. The number of para-hydroxylation sites is 1. The first-order valence-corrected chi connectivity index (χ1v) is 12.3. The largest absolute Gasteiger partial charge is 0.337 e. The summed E-state index contributed by atoms with van der Waals surface area (Å²) >= 11 is 0. The van der Waals surface area contributed by atoms with Gasteiger partial charge in [-0.2, -0.15) is 0 Å². The Bertz CT molecular complexity index is 1420. The van der Waals surface area contributed by atoms with Crippen molar-refractivity contribution >= 4 is 38.5 Å². The van der Waals surface area contributed by atoms with Gasteiger partial charge in [-0.3, -0.25) is 14.5 Å². The lowest BCUT2D eigenvalue weighted by Gasteiger charge is -2.34. The van der Waals surface area contributed by atoms with Gasteiger partial charge in [-0.1, -0.05) is 18.2 Å².